The van der Waals surface area contributed by atoms with E-state index in [4.69, 9.17) is 4.74 Å². The van der Waals surface area contributed by atoms with Crippen LogP contribution in [0.15, 0.2) is 17.0 Å². The molecule has 0 saturated heterocycles. The maximum atomic E-state index is 10.9. The van der Waals surface area contributed by atoms with Crippen molar-refractivity contribution in [2.45, 2.75) is 13.3 Å². The molecule has 0 unspecified atom stereocenters. The second-order valence-corrected chi connectivity index (χ2v) is 2.11. The number of Topliss-reactive ketones (excluding diaryl/α,β-unsaturated/α-hetero) is 1. The first-order valence-corrected chi connectivity index (χ1v) is 3.04. The summed E-state index contributed by atoms with van der Waals surface area (Å²) in [4.78, 5) is 14.8. The van der Waals surface area contributed by atoms with Crippen molar-refractivity contribution in [2.24, 2.45) is 4.99 Å². The molecule has 3 nitrogen and oxygen atoms in total. The van der Waals surface area contributed by atoms with E-state index < -0.39 is 0 Å². The molecule has 1 aliphatic heterocycles. The van der Waals surface area contributed by atoms with E-state index >= 15 is 0 Å². The number of nitrogens with zero attached hydrogens (tertiary/aromatic N) is 1. The van der Waals surface area contributed by atoms with E-state index in [0.29, 0.717) is 17.9 Å². The van der Waals surface area contributed by atoms with E-state index in [2.05, 4.69) is 4.99 Å². The molecule has 0 amide bonds. The molecule has 1 heterocycles. The average Bonchev–Trinajstić information content (AvgIpc) is 1.95. The Morgan fingerprint density at radius 1 is 1.70 bits per heavy atom. The Bertz CT molecular complexity index is 216. The van der Waals surface area contributed by atoms with Crippen LogP contribution in [0.3, 0.4) is 0 Å². The van der Waals surface area contributed by atoms with E-state index in [1.165, 1.54) is 7.11 Å². The lowest BCUT2D eigenvalue weighted by Crippen LogP contribution is -2.14. The zero-order valence-corrected chi connectivity index (χ0v) is 6.05. The van der Waals surface area contributed by atoms with E-state index in [9.17, 15) is 4.79 Å². The van der Waals surface area contributed by atoms with Crippen LogP contribution in [0.5, 0.6) is 0 Å². The molecule has 3 heteroatoms. The van der Waals surface area contributed by atoms with Crippen LogP contribution in [0, 0.1) is 0 Å². The summed E-state index contributed by atoms with van der Waals surface area (Å²) in [6.45, 7) is 1.70. The van der Waals surface area contributed by atoms with Crippen LogP contribution in [0.25, 0.3) is 0 Å². The molecule has 0 atom stereocenters. The molecular formula is C7H9NO2. The van der Waals surface area contributed by atoms with Crippen molar-refractivity contribution in [3.8, 4) is 0 Å². The monoisotopic (exact) mass is 139 g/mol. The first-order chi connectivity index (χ1) is 4.74. The van der Waals surface area contributed by atoms with Crippen LogP contribution in [0.2, 0.25) is 0 Å². The second-order valence-electron chi connectivity index (χ2n) is 2.11. The van der Waals surface area contributed by atoms with Crippen LogP contribution in [-0.2, 0) is 9.53 Å². The van der Waals surface area contributed by atoms with Crippen LogP contribution in [0.4, 0.5) is 0 Å². The minimum absolute atomic E-state index is 0.0411. The van der Waals surface area contributed by atoms with Gasteiger partial charge in [0.15, 0.2) is 5.78 Å². The highest BCUT2D eigenvalue weighted by atomic mass is 16.5. The van der Waals surface area contributed by atoms with Crippen LogP contribution in [-0.4, -0.2) is 18.6 Å². The van der Waals surface area contributed by atoms with Crippen LogP contribution < -0.4 is 0 Å². The van der Waals surface area contributed by atoms with Gasteiger partial charge in [0.25, 0.3) is 0 Å². The SMILES string of the molecule is COC1=CN=C(C)C(=O)C1. The Balaban J connectivity index is 2.78. The van der Waals surface area contributed by atoms with Crippen molar-refractivity contribution >= 4 is 11.5 Å². The number of ether oxygens (including phenoxy) is 1. The van der Waals surface area contributed by atoms with Crippen molar-refractivity contribution in [2.75, 3.05) is 7.11 Å². The number of hydrogen-bond donors (Lipinski definition) is 0. The molecule has 0 aromatic heterocycles. The maximum Gasteiger partial charge on any atom is 0.184 e. The van der Waals surface area contributed by atoms with Gasteiger partial charge in [-0.2, -0.15) is 0 Å². The number of ketones is 1. The largest absolute Gasteiger partial charge is 0.499 e. The summed E-state index contributed by atoms with van der Waals surface area (Å²) in [7, 11) is 1.54. The molecule has 0 spiro atoms. The van der Waals surface area contributed by atoms with Crippen molar-refractivity contribution in [1.29, 1.82) is 0 Å². The number of carbonyl (C=O) groups excluding carboxylic acids is 1. The van der Waals surface area contributed by atoms with Crippen LogP contribution >= 0.6 is 0 Å². The van der Waals surface area contributed by atoms with Crippen molar-refractivity contribution in [3.05, 3.63) is 12.0 Å². The summed E-state index contributed by atoms with van der Waals surface area (Å²) >= 11 is 0. The highest BCUT2D eigenvalue weighted by Gasteiger charge is 2.13. The lowest BCUT2D eigenvalue weighted by molar-refractivity contribution is -0.113. The Morgan fingerprint density at radius 3 is 2.90 bits per heavy atom. The molecule has 0 aromatic carbocycles. The Hall–Kier alpha value is -1.12. The minimum Gasteiger partial charge on any atom is -0.499 e. The van der Waals surface area contributed by atoms with Gasteiger partial charge in [-0.15, -0.1) is 0 Å². The molecule has 0 bridgehead atoms. The first-order valence-electron chi connectivity index (χ1n) is 3.04. The first kappa shape index (κ1) is 6.99. The lowest BCUT2D eigenvalue weighted by atomic mass is 10.1. The highest BCUT2D eigenvalue weighted by Crippen LogP contribution is 2.08. The van der Waals surface area contributed by atoms with Gasteiger partial charge in [0.05, 0.1) is 25.4 Å². The molecule has 1 aliphatic rings. The summed E-state index contributed by atoms with van der Waals surface area (Å²) in [5.41, 5.74) is 0.556. The third-order valence-electron chi connectivity index (χ3n) is 1.40. The fourth-order valence-corrected chi connectivity index (χ4v) is 0.697. The molecule has 0 aromatic rings. The van der Waals surface area contributed by atoms with Gasteiger partial charge in [-0.3, -0.25) is 9.79 Å². The van der Waals surface area contributed by atoms with Gasteiger partial charge < -0.3 is 4.74 Å². The zero-order valence-electron chi connectivity index (χ0n) is 6.05. The van der Waals surface area contributed by atoms with Gasteiger partial charge in [0, 0.05) is 0 Å². The summed E-state index contributed by atoms with van der Waals surface area (Å²) in [6.07, 6.45) is 1.93. The fraction of sp³-hybridized carbons (Fsp3) is 0.429. The summed E-state index contributed by atoms with van der Waals surface area (Å²) in [5, 5.41) is 0. The highest BCUT2D eigenvalue weighted by molar-refractivity contribution is 6.39. The molecule has 10 heavy (non-hydrogen) atoms. The summed E-state index contributed by atoms with van der Waals surface area (Å²) in [6, 6.07) is 0. The molecule has 0 radical (unpaired) electrons. The molecule has 0 N–H and O–H groups in total. The van der Waals surface area contributed by atoms with Gasteiger partial charge in [0.2, 0.25) is 0 Å². The Labute approximate surface area is 59.4 Å². The van der Waals surface area contributed by atoms with Crippen molar-refractivity contribution in [3.63, 3.8) is 0 Å². The van der Waals surface area contributed by atoms with Gasteiger partial charge in [-0.05, 0) is 6.92 Å². The number of methoxy groups -OCH3 is 1. The Morgan fingerprint density at radius 2 is 2.40 bits per heavy atom. The number of aliphatic imine (C=N–C) groups is 1. The summed E-state index contributed by atoms with van der Waals surface area (Å²) in [5.74, 6) is 0.676. The zero-order chi connectivity index (χ0) is 7.56. The normalized spacial score (nSPS) is 18.0. The molecular weight excluding hydrogens is 130 g/mol. The third-order valence-corrected chi connectivity index (χ3v) is 1.40. The molecule has 1 rings (SSSR count). The van der Waals surface area contributed by atoms with Gasteiger partial charge in [0.1, 0.15) is 5.76 Å². The predicted molar refractivity (Wildman–Crippen MR) is 37.8 cm³/mol. The lowest BCUT2D eigenvalue weighted by Gasteiger charge is -2.07. The minimum atomic E-state index is 0.0411. The number of rotatable bonds is 1. The van der Waals surface area contributed by atoms with E-state index in [1.807, 2.05) is 0 Å². The fourth-order valence-electron chi connectivity index (χ4n) is 0.697. The standard InChI is InChI=1S/C7H9NO2/c1-5-7(9)3-6(10-2)4-8-5/h4H,3H2,1-2H3. The quantitative estimate of drug-likeness (QED) is 0.541. The number of hydrogen-bond acceptors (Lipinski definition) is 3. The summed E-state index contributed by atoms with van der Waals surface area (Å²) < 4.78 is 4.84. The maximum absolute atomic E-state index is 10.9. The molecule has 0 aliphatic carbocycles. The van der Waals surface area contributed by atoms with Gasteiger partial charge in [-0.25, -0.2) is 0 Å². The number of carbonyl (C=O) groups is 1. The number of allylic oxidation sites excluding steroid dienone is 1. The third kappa shape index (κ3) is 1.23. The van der Waals surface area contributed by atoms with Crippen molar-refractivity contribution in [1.82, 2.24) is 0 Å². The smallest absolute Gasteiger partial charge is 0.184 e. The van der Waals surface area contributed by atoms with Crippen molar-refractivity contribution < 1.29 is 9.53 Å². The molecule has 0 saturated carbocycles. The average molecular weight is 139 g/mol. The van der Waals surface area contributed by atoms with Crippen LogP contribution in [0.1, 0.15) is 13.3 Å². The van der Waals surface area contributed by atoms with Gasteiger partial charge >= 0.3 is 0 Å². The van der Waals surface area contributed by atoms with E-state index in [0.717, 1.165) is 0 Å². The van der Waals surface area contributed by atoms with E-state index in [1.54, 1.807) is 13.1 Å². The molecule has 0 fully saturated rings. The molecule has 54 valence electrons. The van der Waals surface area contributed by atoms with E-state index in [-0.39, 0.29) is 5.78 Å². The second kappa shape index (κ2) is 2.64. The van der Waals surface area contributed by atoms with Gasteiger partial charge in [-0.1, -0.05) is 0 Å². The Kier molecular flexibility index (Phi) is 1.85. The predicted octanol–water partition coefficient (Wildman–Crippen LogP) is 0.908. The topological polar surface area (TPSA) is 38.7 Å².